The molecule has 2 heterocycles. The molecule has 10 rings (SSSR count). The zero-order valence-corrected chi connectivity index (χ0v) is 28.1. The first-order valence-electron chi connectivity index (χ1n) is 17.2. The number of benzene rings is 7. The van der Waals surface area contributed by atoms with E-state index in [4.69, 9.17) is 0 Å². The van der Waals surface area contributed by atoms with Crippen LogP contribution in [0.1, 0.15) is 36.1 Å². The Morgan fingerprint density at radius 1 is 0.431 bits per heavy atom. The number of rotatable bonds is 3. The number of para-hydroxylation sites is 1. The highest BCUT2D eigenvalue weighted by Gasteiger charge is 2.36. The SMILES string of the molecule is CC1(C)c2ccccc2-c2cc3c(cc21)c1ccccc1n3-c1cccc(-c2cccc(-n3c4ccc(C#N)cc4c4cc(C#N)ccc43)c2)c1. The average molecular weight is 651 g/mol. The molecule has 0 saturated carbocycles. The second kappa shape index (κ2) is 10.6. The number of nitrogens with zero attached hydrogens (tertiary/aromatic N) is 4. The summed E-state index contributed by atoms with van der Waals surface area (Å²) in [6, 6.07) is 56.0. The number of nitriles is 2. The normalized spacial score (nSPS) is 13.0. The van der Waals surface area contributed by atoms with Crippen molar-refractivity contribution in [2.24, 2.45) is 0 Å². The van der Waals surface area contributed by atoms with Crippen LogP contribution < -0.4 is 0 Å². The van der Waals surface area contributed by atoms with Crippen LogP contribution in [-0.2, 0) is 5.41 Å². The van der Waals surface area contributed by atoms with E-state index in [0.29, 0.717) is 11.1 Å². The first-order valence-corrected chi connectivity index (χ1v) is 17.2. The van der Waals surface area contributed by atoms with Crippen molar-refractivity contribution in [1.29, 1.82) is 10.5 Å². The van der Waals surface area contributed by atoms with Crippen molar-refractivity contribution in [2.45, 2.75) is 19.3 Å². The first kappa shape index (κ1) is 29.1. The first-order chi connectivity index (χ1) is 24.9. The van der Waals surface area contributed by atoms with E-state index in [1.165, 1.54) is 44.1 Å². The second-order valence-electron chi connectivity index (χ2n) is 14.1. The van der Waals surface area contributed by atoms with E-state index in [0.717, 1.165) is 44.3 Å². The minimum absolute atomic E-state index is 0.0688. The van der Waals surface area contributed by atoms with Gasteiger partial charge in [-0.3, -0.25) is 0 Å². The van der Waals surface area contributed by atoms with Crippen LogP contribution in [0.3, 0.4) is 0 Å². The van der Waals surface area contributed by atoms with Gasteiger partial charge in [-0.25, -0.2) is 0 Å². The van der Waals surface area contributed by atoms with Crippen LogP contribution in [-0.4, -0.2) is 9.13 Å². The highest BCUT2D eigenvalue weighted by molar-refractivity contribution is 6.12. The van der Waals surface area contributed by atoms with E-state index in [-0.39, 0.29) is 5.41 Å². The highest BCUT2D eigenvalue weighted by atomic mass is 15.0. The van der Waals surface area contributed by atoms with E-state index in [1.807, 2.05) is 36.4 Å². The molecular weight excluding hydrogens is 621 g/mol. The molecule has 0 N–H and O–H groups in total. The molecule has 1 aliphatic carbocycles. The van der Waals surface area contributed by atoms with E-state index in [9.17, 15) is 10.5 Å². The lowest BCUT2D eigenvalue weighted by atomic mass is 9.82. The van der Waals surface area contributed by atoms with Gasteiger partial charge in [0.05, 0.1) is 45.3 Å². The quantitative estimate of drug-likeness (QED) is 0.191. The molecule has 0 atom stereocenters. The lowest BCUT2D eigenvalue weighted by Gasteiger charge is -2.21. The third-order valence-electron chi connectivity index (χ3n) is 10.9. The Bertz CT molecular complexity index is 2960. The van der Waals surface area contributed by atoms with Crippen molar-refractivity contribution in [3.05, 3.63) is 168 Å². The summed E-state index contributed by atoms with van der Waals surface area (Å²) >= 11 is 0. The van der Waals surface area contributed by atoms with Crippen LogP contribution >= 0.6 is 0 Å². The minimum atomic E-state index is -0.0688. The lowest BCUT2D eigenvalue weighted by Crippen LogP contribution is -2.14. The summed E-state index contributed by atoms with van der Waals surface area (Å²) < 4.78 is 4.64. The maximum Gasteiger partial charge on any atom is 0.0991 e. The van der Waals surface area contributed by atoms with Crippen LogP contribution in [0.25, 0.3) is 77.2 Å². The molecule has 238 valence electrons. The van der Waals surface area contributed by atoms with Crippen molar-refractivity contribution in [3.8, 4) is 45.8 Å². The van der Waals surface area contributed by atoms with E-state index < -0.39 is 0 Å². The third-order valence-corrected chi connectivity index (χ3v) is 10.9. The molecule has 4 heteroatoms. The molecular formula is C47H30N4. The lowest BCUT2D eigenvalue weighted by molar-refractivity contribution is 0.661. The molecule has 0 radical (unpaired) electrons. The number of hydrogen-bond acceptors (Lipinski definition) is 2. The van der Waals surface area contributed by atoms with E-state index >= 15 is 0 Å². The van der Waals surface area contributed by atoms with E-state index in [2.05, 4.69) is 144 Å². The maximum absolute atomic E-state index is 9.65. The van der Waals surface area contributed by atoms with Gasteiger partial charge in [0, 0.05) is 38.3 Å². The minimum Gasteiger partial charge on any atom is -0.309 e. The third kappa shape index (κ3) is 4.11. The molecule has 51 heavy (non-hydrogen) atoms. The molecule has 7 aromatic carbocycles. The molecule has 0 bridgehead atoms. The molecule has 0 amide bonds. The molecule has 1 aliphatic rings. The molecule has 0 unspecified atom stereocenters. The van der Waals surface area contributed by atoms with Crippen LogP contribution in [0.4, 0.5) is 0 Å². The Balaban J connectivity index is 1.16. The Kier molecular flexibility index (Phi) is 6.02. The molecule has 0 aliphatic heterocycles. The highest BCUT2D eigenvalue weighted by Crippen LogP contribution is 2.51. The summed E-state index contributed by atoms with van der Waals surface area (Å²) in [6.45, 7) is 4.68. The van der Waals surface area contributed by atoms with Crippen molar-refractivity contribution in [2.75, 3.05) is 0 Å². The summed E-state index contributed by atoms with van der Waals surface area (Å²) in [4.78, 5) is 0. The van der Waals surface area contributed by atoms with Gasteiger partial charge in [0.2, 0.25) is 0 Å². The fourth-order valence-corrected chi connectivity index (χ4v) is 8.53. The molecule has 4 nitrogen and oxygen atoms in total. The molecule has 9 aromatic rings. The van der Waals surface area contributed by atoms with Gasteiger partial charge in [-0.05, 0) is 112 Å². The number of aromatic nitrogens is 2. The Morgan fingerprint density at radius 2 is 0.980 bits per heavy atom. The van der Waals surface area contributed by atoms with E-state index in [1.54, 1.807) is 0 Å². The standard InChI is InChI=1S/C47H30N4/c1-47(2)41-15-5-3-13-35(41)37-26-46-40(25-42(37)47)36-14-4-6-16-43(36)51(46)34-12-8-10-32(24-34)31-9-7-11-33(23-31)50-44-19-17-29(27-48)21-38(44)39-22-30(28-49)18-20-45(39)50/h3-26H,1-2H3. The topological polar surface area (TPSA) is 57.4 Å². The van der Waals surface area contributed by atoms with Gasteiger partial charge in [0.1, 0.15) is 0 Å². The summed E-state index contributed by atoms with van der Waals surface area (Å²) in [5.74, 6) is 0. The fourth-order valence-electron chi connectivity index (χ4n) is 8.53. The maximum atomic E-state index is 9.65. The molecule has 0 fully saturated rings. The van der Waals surface area contributed by atoms with Crippen molar-refractivity contribution in [1.82, 2.24) is 9.13 Å². The number of hydrogen-bond donors (Lipinski definition) is 0. The van der Waals surface area contributed by atoms with Crippen LogP contribution in [0.5, 0.6) is 0 Å². The summed E-state index contributed by atoms with van der Waals surface area (Å²) in [5.41, 5.74) is 15.2. The smallest absolute Gasteiger partial charge is 0.0991 e. The summed E-state index contributed by atoms with van der Waals surface area (Å²) in [5, 5.41) is 23.7. The Hall–Kier alpha value is -6.88. The monoisotopic (exact) mass is 650 g/mol. The summed E-state index contributed by atoms with van der Waals surface area (Å²) in [6.07, 6.45) is 0. The van der Waals surface area contributed by atoms with Gasteiger partial charge in [0.25, 0.3) is 0 Å². The number of fused-ring (bicyclic) bond motifs is 9. The van der Waals surface area contributed by atoms with Gasteiger partial charge in [-0.1, -0.05) is 80.6 Å². The van der Waals surface area contributed by atoms with Crippen molar-refractivity contribution in [3.63, 3.8) is 0 Å². The largest absolute Gasteiger partial charge is 0.309 e. The molecule has 0 spiro atoms. The second-order valence-corrected chi connectivity index (χ2v) is 14.1. The van der Waals surface area contributed by atoms with Gasteiger partial charge in [0.15, 0.2) is 0 Å². The zero-order chi connectivity index (χ0) is 34.4. The fraction of sp³-hybridized carbons (Fsp3) is 0.0638. The van der Waals surface area contributed by atoms with Crippen LogP contribution in [0.2, 0.25) is 0 Å². The predicted octanol–water partition coefficient (Wildman–Crippen LogP) is 11.6. The Labute approximate surface area is 295 Å². The summed E-state index contributed by atoms with van der Waals surface area (Å²) in [7, 11) is 0. The van der Waals surface area contributed by atoms with Crippen molar-refractivity contribution < 1.29 is 0 Å². The van der Waals surface area contributed by atoms with Crippen molar-refractivity contribution >= 4 is 43.6 Å². The molecule has 2 aromatic heterocycles. The van der Waals surface area contributed by atoms with Gasteiger partial charge < -0.3 is 9.13 Å². The zero-order valence-electron chi connectivity index (χ0n) is 28.1. The van der Waals surface area contributed by atoms with Crippen LogP contribution in [0.15, 0.2) is 146 Å². The molecule has 0 saturated heterocycles. The van der Waals surface area contributed by atoms with Gasteiger partial charge in [-0.2, -0.15) is 10.5 Å². The Morgan fingerprint density at radius 3 is 1.63 bits per heavy atom. The predicted molar refractivity (Wildman–Crippen MR) is 208 cm³/mol. The van der Waals surface area contributed by atoms with Gasteiger partial charge >= 0.3 is 0 Å². The van der Waals surface area contributed by atoms with Gasteiger partial charge in [-0.15, -0.1) is 0 Å². The van der Waals surface area contributed by atoms with Crippen LogP contribution in [0, 0.1) is 22.7 Å². The average Bonchev–Trinajstić information content (AvgIpc) is 3.76.